The number of benzene rings is 1. The zero-order valence-corrected chi connectivity index (χ0v) is 10.5. The van der Waals surface area contributed by atoms with Crippen molar-refractivity contribution in [3.8, 4) is 0 Å². The maximum Gasteiger partial charge on any atom is 0.271 e. The van der Waals surface area contributed by atoms with Crippen LogP contribution in [0.5, 0.6) is 0 Å². The van der Waals surface area contributed by atoms with Gasteiger partial charge in [-0.3, -0.25) is 9.89 Å². The summed E-state index contributed by atoms with van der Waals surface area (Å²) < 4.78 is 12.8. The quantitative estimate of drug-likeness (QED) is 0.780. The summed E-state index contributed by atoms with van der Waals surface area (Å²) >= 11 is 0. The van der Waals surface area contributed by atoms with E-state index in [0.29, 0.717) is 12.1 Å². The highest BCUT2D eigenvalue weighted by Crippen LogP contribution is 2.08. The molecule has 0 aliphatic carbocycles. The Morgan fingerprint density at radius 2 is 2.16 bits per heavy atom. The molecule has 0 fully saturated rings. The van der Waals surface area contributed by atoms with Gasteiger partial charge < -0.3 is 11.1 Å². The molecular weight excluding hydrogens is 247 g/mol. The van der Waals surface area contributed by atoms with Gasteiger partial charge in [0.15, 0.2) is 0 Å². The minimum Gasteiger partial charge on any atom is -0.396 e. The molecule has 4 N–H and O–H groups in total. The molecule has 2 rings (SSSR count). The summed E-state index contributed by atoms with van der Waals surface area (Å²) in [6, 6.07) is 6.10. The molecule has 100 valence electrons. The van der Waals surface area contributed by atoms with Gasteiger partial charge in [-0.05, 0) is 31.0 Å². The fraction of sp³-hybridized carbons (Fsp3) is 0.231. The molecule has 2 aromatic rings. The van der Waals surface area contributed by atoms with Crippen molar-refractivity contribution in [1.29, 1.82) is 0 Å². The molecule has 0 saturated heterocycles. The Morgan fingerprint density at radius 1 is 1.47 bits per heavy atom. The van der Waals surface area contributed by atoms with Gasteiger partial charge in [0.05, 0.1) is 11.9 Å². The van der Waals surface area contributed by atoms with Crippen LogP contribution < -0.4 is 11.1 Å². The van der Waals surface area contributed by atoms with E-state index >= 15 is 0 Å². The Hall–Kier alpha value is -2.37. The van der Waals surface area contributed by atoms with Crippen LogP contribution in [-0.2, 0) is 6.42 Å². The summed E-state index contributed by atoms with van der Waals surface area (Å²) in [4.78, 5) is 11.9. The Labute approximate surface area is 110 Å². The molecule has 1 heterocycles. The van der Waals surface area contributed by atoms with Crippen LogP contribution in [0, 0.1) is 5.82 Å². The molecule has 19 heavy (non-hydrogen) atoms. The van der Waals surface area contributed by atoms with Gasteiger partial charge in [0.1, 0.15) is 11.5 Å². The number of amides is 1. The van der Waals surface area contributed by atoms with Gasteiger partial charge in [0, 0.05) is 6.04 Å². The van der Waals surface area contributed by atoms with Crippen molar-refractivity contribution in [2.75, 3.05) is 5.73 Å². The summed E-state index contributed by atoms with van der Waals surface area (Å²) in [6.45, 7) is 1.87. The average molecular weight is 262 g/mol. The number of anilines is 1. The number of carbonyl (C=O) groups excluding carboxylic acids is 1. The largest absolute Gasteiger partial charge is 0.396 e. The van der Waals surface area contributed by atoms with Gasteiger partial charge in [-0.25, -0.2) is 4.39 Å². The second kappa shape index (κ2) is 5.51. The maximum atomic E-state index is 12.8. The number of aromatic nitrogens is 2. The standard InChI is InChI=1S/C13H15FN4O/c1-8(6-9-2-4-10(14)5-3-9)17-13(19)12-11(15)7-16-18-12/h2-5,7-8H,6,15H2,1H3,(H,16,18)(H,17,19). The Kier molecular flexibility index (Phi) is 3.79. The number of halogens is 1. The Bertz CT molecular complexity index is 564. The van der Waals surface area contributed by atoms with E-state index in [9.17, 15) is 9.18 Å². The van der Waals surface area contributed by atoms with Crippen molar-refractivity contribution in [3.05, 3.63) is 47.5 Å². The SMILES string of the molecule is CC(Cc1ccc(F)cc1)NC(=O)c1[nH]ncc1N. The van der Waals surface area contributed by atoms with E-state index in [-0.39, 0.29) is 23.5 Å². The Morgan fingerprint density at radius 3 is 2.74 bits per heavy atom. The summed E-state index contributed by atoms with van der Waals surface area (Å²) in [6.07, 6.45) is 2.00. The van der Waals surface area contributed by atoms with Crippen LogP contribution in [-0.4, -0.2) is 22.1 Å². The molecule has 1 amide bonds. The van der Waals surface area contributed by atoms with E-state index < -0.39 is 0 Å². The first-order valence-corrected chi connectivity index (χ1v) is 5.90. The molecule has 0 radical (unpaired) electrons. The van der Waals surface area contributed by atoms with Crippen LogP contribution in [0.25, 0.3) is 0 Å². The minimum absolute atomic E-state index is 0.0966. The van der Waals surface area contributed by atoms with Crippen LogP contribution in [0.3, 0.4) is 0 Å². The van der Waals surface area contributed by atoms with Gasteiger partial charge in [-0.1, -0.05) is 12.1 Å². The third-order valence-corrected chi connectivity index (χ3v) is 2.73. The lowest BCUT2D eigenvalue weighted by Gasteiger charge is -2.13. The number of hydrogen-bond donors (Lipinski definition) is 3. The molecule has 1 atom stereocenters. The van der Waals surface area contributed by atoms with Crippen molar-refractivity contribution in [1.82, 2.24) is 15.5 Å². The highest BCUT2D eigenvalue weighted by molar-refractivity contribution is 5.97. The van der Waals surface area contributed by atoms with Crippen LogP contribution >= 0.6 is 0 Å². The fourth-order valence-corrected chi connectivity index (χ4v) is 1.80. The first-order chi connectivity index (χ1) is 9.06. The number of nitrogen functional groups attached to an aromatic ring is 1. The lowest BCUT2D eigenvalue weighted by Crippen LogP contribution is -2.34. The second-order valence-electron chi connectivity index (χ2n) is 4.41. The van der Waals surface area contributed by atoms with E-state index in [1.807, 2.05) is 6.92 Å². The van der Waals surface area contributed by atoms with Gasteiger partial charge in [0.2, 0.25) is 0 Å². The van der Waals surface area contributed by atoms with Crippen molar-refractivity contribution in [3.63, 3.8) is 0 Å². The Balaban J connectivity index is 1.94. The lowest BCUT2D eigenvalue weighted by molar-refractivity contribution is 0.0936. The van der Waals surface area contributed by atoms with Crippen LogP contribution in [0.15, 0.2) is 30.5 Å². The summed E-state index contributed by atoms with van der Waals surface area (Å²) in [5.74, 6) is -0.574. The maximum absolute atomic E-state index is 12.8. The van der Waals surface area contributed by atoms with E-state index in [2.05, 4.69) is 15.5 Å². The number of nitrogens with zero attached hydrogens (tertiary/aromatic N) is 1. The molecule has 1 aromatic carbocycles. The number of nitrogens with one attached hydrogen (secondary N) is 2. The third kappa shape index (κ3) is 3.31. The number of H-pyrrole nitrogens is 1. The molecule has 6 heteroatoms. The molecule has 0 bridgehead atoms. The normalized spacial score (nSPS) is 12.1. The van der Waals surface area contributed by atoms with Crippen molar-refractivity contribution >= 4 is 11.6 Å². The monoisotopic (exact) mass is 262 g/mol. The number of rotatable bonds is 4. The van der Waals surface area contributed by atoms with Crippen LogP contribution in [0.4, 0.5) is 10.1 Å². The van der Waals surface area contributed by atoms with Gasteiger partial charge >= 0.3 is 0 Å². The molecule has 5 nitrogen and oxygen atoms in total. The molecule has 0 spiro atoms. The van der Waals surface area contributed by atoms with Crippen LogP contribution in [0.2, 0.25) is 0 Å². The predicted molar refractivity (Wildman–Crippen MR) is 70.0 cm³/mol. The molecule has 1 aromatic heterocycles. The van der Waals surface area contributed by atoms with E-state index in [0.717, 1.165) is 5.56 Å². The number of carbonyl (C=O) groups is 1. The highest BCUT2D eigenvalue weighted by Gasteiger charge is 2.14. The fourth-order valence-electron chi connectivity index (χ4n) is 1.80. The zero-order valence-electron chi connectivity index (χ0n) is 10.5. The summed E-state index contributed by atoms with van der Waals surface area (Å²) in [7, 11) is 0. The highest BCUT2D eigenvalue weighted by atomic mass is 19.1. The zero-order chi connectivity index (χ0) is 13.8. The molecule has 0 aliphatic heterocycles. The van der Waals surface area contributed by atoms with Gasteiger partial charge in [0.25, 0.3) is 5.91 Å². The first-order valence-electron chi connectivity index (χ1n) is 5.90. The summed E-state index contributed by atoms with van der Waals surface area (Å²) in [5.41, 5.74) is 7.11. The predicted octanol–water partition coefficient (Wildman–Crippen LogP) is 1.49. The minimum atomic E-state index is -0.301. The first kappa shape index (κ1) is 13.1. The topological polar surface area (TPSA) is 83.8 Å². The molecule has 1 unspecified atom stereocenters. The van der Waals surface area contributed by atoms with E-state index in [1.165, 1.54) is 18.3 Å². The van der Waals surface area contributed by atoms with E-state index in [1.54, 1.807) is 12.1 Å². The average Bonchev–Trinajstić information content (AvgIpc) is 2.78. The summed E-state index contributed by atoms with van der Waals surface area (Å²) in [5, 5.41) is 9.04. The third-order valence-electron chi connectivity index (χ3n) is 2.73. The van der Waals surface area contributed by atoms with Crippen LogP contribution in [0.1, 0.15) is 23.0 Å². The van der Waals surface area contributed by atoms with Crippen molar-refractivity contribution in [2.45, 2.75) is 19.4 Å². The van der Waals surface area contributed by atoms with Crippen molar-refractivity contribution < 1.29 is 9.18 Å². The molecule has 0 saturated carbocycles. The number of hydrogen-bond acceptors (Lipinski definition) is 3. The van der Waals surface area contributed by atoms with E-state index in [4.69, 9.17) is 5.73 Å². The smallest absolute Gasteiger partial charge is 0.271 e. The molecule has 0 aliphatic rings. The van der Waals surface area contributed by atoms with Gasteiger partial charge in [-0.15, -0.1) is 0 Å². The molecular formula is C13H15FN4O. The number of nitrogens with two attached hydrogens (primary N) is 1. The van der Waals surface area contributed by atoms with Crippen molar-refractivity contribution in [2.24, 2.45) is 0 Å². The number of aromatic amines is 1. The second-order valence-corrected chi connectivity index (χ2v) is 4.41. The lowest BCUT2D eigenvalue weighted by atomic mass is 10.1. The van der Waals surface area contributed by atoms with Gasteiger partial charge in [-0.2, -0.15) is 5.10 Å².